The summed E-state index contributed by atoms with van der Waals surface area (Å²) in [6.07, 6.45) is 3.12. The van der Waals surface area contributed by atoms with Gasteiger partial charge in [-0.25, -0.2) is 4.98 Å². The Kier molecular flexibility index (Phi) is 5.63. The summed E-state index contributed by atoms with van der Waals surface area (Å²) in [5, 5.41) is 20.1. The maximum absolute atomic E-state index is 11.6. The minimum absolute atomic E-state index is 0.0374. The van der Waals surface area contributed by atoms with Crippen molar-refractivity contribution in [3.63, 3.8) is 0 Å². The number of unbranched alkanes of at least 4 members (excludes halogenated alkanes) is 1. The van der Waals surface area contributed by atoms with Crippen LogP contribution in [-0.2, 0) is 0 Å². The highest BCUT2D eigenvalue weighted by Gasteiger charge is 2.20. The van der Waals surface area contributed by atoms with Crippen LogP contribution in [0.1, 0.15) is 33.1 Å². The maximum Gasteiger partial charge on any atom is 0.280 e. The first-order chi connectivity index (χ1) is 12.7. The van der Waals surface area contributed by atoms with Crippen molar-refractivity contribution >= 4 is 33.2 Å². The number of nitro benzene ring substituents is 1. The molecular formula is C20H24N4O2. The number of nitrogens with one attached hydrogen (secondary N) is 2. The predicted molar refractivity (Wildman–Crippen MR) is 107 cm³/mol. The monoisotopic (exact) mass is 352 g/mol. The van der Waals surface area contributed by atoms with Crippen LogP contribution in [0.3, 0.4) is 0 Å². The van der Waals surface area contributed by atoms with Crippen LogP contribution in [0.5, 0.6) is 0 Å². The molecule has 2 N–H and O–H groups in total. The molecule has 26 heavy (non-hydrogen) atoms. The fraction of sp³-hybridized carbons (Fsp3) is 0.350. The molecule has 1 heterocycles. The van der Waals surface area contributed by atoms with Crippen LogP contribution in [0, 0.1) is 10.1 Å². The number of non-ortho nitro benzene ring substituents is 1. The topological polar surface area (TPSA) is 80.1 Å². The first-order valence-electron chi connectivity index (χ1n) is 9.11. The highest BCUT2D eigenvalue weighted by molar-refractivity contribution is 6.11. The van der Waals surface area contributed by atoms with E-state index in [1.54, 1.807) is 6.07 Å². The van der Waals surface area contributed by atoms with Gasteiger partial charge in [0.25, 0.3) is 5.69 Å². The molecule has 0 aliphatic carbocycles. The van der Waals surface area contributed by atoms with Crippen molar-refractivity contribution in [3.05, 3.63) is 52.6 Å². The molecule has 6 nitrogen and oxygen atoms in total. The molecule has 1 unspecified atom stereocenters. The van der Waals surface area contributed by atoms with Crippen LogP contribution in [0.25, 0.3) is 21.8 Å². The van der Waals surface area contributed by atoms with Crippen molar-refractivity contribution in [2.45, 2.75) is 39.3 Å². The van der Waals surface area contributed by atoms with Gasteiger partial charge in [-0.15, -0.1) is 0 Å². The van der Waals surface area contributed by atoms with Crippen LogP contribution in [0.2, 0.25) is 0 Å². The van der Waals surface area contributed by atoms with Crippen molar-refractivity contribution in [3.8, 4) is 0 Å². The summed E-state index contributed by atoms with van der Waals surface area (Å²) in [6, 6.07) is 12.8. The van der Waals surface area contributed by atoms with Gasteiger partial charge < -0.3 is 5.32 Å². The Morgan fingerprint density at radius 1 is 1.12 bits per heavy atom. The number of para-hydroxylation sites is 1. The van der Waals surface area contributed by atoms with Gasteiger partial charge in [0.2, 0.25) is 0 Å². The van der Waals surface area contributed by atoms with E-state index in [0.717, 1.165) is 42.4 Å². The Morgan fingerprint density at radius 3 is 2.62 bits per heavy atom. The van der Waals surface area contributed by atoms with Gasteiger partial charge in [-0.05, 0) is 31.5 Å². The summed E-state index contributed by atoms with van der Waals surface area (Å²) in [5.41, 5.74) is 2.30. The molecule has 2 aromatic carbocycles. The highest BCUT2D eigenvalue weighted by atomic mass is 16.6. The number of pyridine rings is 1. The molecule has 0 saturated carbocycles. The summed E-state index contributed by atoms with van der Waals surface area (Å²) >= 11 is 0. The lowest BCUT2D eigenvalue weighted by atomic mass is 10.1. The lowest BCUT2D eigenvalue weighted by Crippen LogP contribution is -2.36. The minimum Gasteiger partial charge on any atom is -0.369 e. The van der Waals surface area contributed by atoms with Crippen LogP contribution in [0.15, 0.2) is 42.5 Å². The fourth-order valence-corrected chi connectivity index (χ4v) is 3.15. The summed E-state index contributed by atoms with van der Waals surface area (Å²) in [6.45, 7) is 5.16. The second kappa shape index (κ2) is 8.10. The molecule has 0 amide bonds. The normalized spacial score (nSPS) is 12.4. The lowest BCUT2D eigenvalue weighted by Gasteiger charge is -2.22. The molecule has 6 heteroatoms. The number of rotatable bonds is 8. The lowest BCUT2D eigenvalue weighted by molar-refractivity contribution is -0.383. The Morgan fingerprint density at radius 2 is 1.88 bits per heavy atom. The molecule has 0 aliphatic rings. The van der Waals surface area contributed by atoms with Gasteiger partial charge in [0, 0.05) is 11.5 Å². The molecule has 0 fully saturated rings. The average molecular weight is 352 g/mol. The quantitative estimate of drug-likeness (QED) is 0.199. The van der Waals surface area contributed by atoms with E-state index in [2.05, 4.69) is 29.5 Å². The number of anilines is 1. The smallest absolute Gasteiger partial charge is 0.280 e. The van der Waals surface area contributed by atoms with E-state index >= 15 is 0 Å². The van der Waals surface area contributed by atoms with Crippen molar-refractivity contribution in [2.24, 2.45) is 0 Å². The third-order valence-electron chi connectivity index (χ3n) is 4.53. The van der Waals surface area contributed by atoms with E-state index < -0.39 is 0 Å². The molecule has 3 rings (SSSR count). The second-order valence-electron chi connectivity index (χ2n) is 6.35. The summed E-state index contributed by atoms with van der Waals surface area (Å²) in [7, 11) is 0. The van der Waals surface area contributed by atoms with Crippen LogP contribution >= 0.6 is 0 Å². The SMILES string of the molecule is CCCCNC(CC)Nc1c2ccccc2nc2cccc([N+](=O)[O-])c12. The molecule has 1 atom stereocenters. The molecule has 0 spiro atoms. The fourth-order valence-electron chi connectivity index (χ4n) is 3.15. The van der Waals surface area contributed by atoms with Gasteiger partial charge in [0.15, 0.2) is 0 Å². The number of aromatic nitrogens is 1. The number of hydrogen-bond acceptors (Lipinski definition) is 5. The van der Waals surface area contributed by atoms with E-state index in [4.69, 9.17) is 0 Å². The predicted octanol–water partition coefficient (Wildman–Crippen LogP) is 4.83. The van der Waals surface area contributed by atoms with E-state index in [0.29, 0.717) is 10.9 Å². The zero-order valence-corrected chi connectivity index (χ0v) is 15.2. The van der Waals surface area contributed by atoms with Crippen LogP contribution < -0.4 is 10.6 Å². The van der Waals surface area contributed by atoms with E-state index in [9.17, 15) is 10.1 Å². The zero-order valence-electron chi connectivity index (χ0n) is 15.2. The van der Waals surface area contributed by atoms with E-state index in [-0.39, 0.29) is 16.8 Å². The molecule has 0 saturated heterocycles. The molecule has 136 valence electrons. The Bertz CT molecular complexity index is 926. The number of hydrogen-bond donors (Lipinski definition) is 2. The molecule has 0 bridgehead atoms. The summed E-state index contributed by atoms with van der Waals surface area (Å²) < 4.78 is 0. The molecular weight excluding hydrogens is 328 g/mol. The standard InChI is InChI=1S/C20H24N4O2/c1-3-5-13-21-18(4-2)23-20-14-9-6-7-10-15(14)22-16-11-8-12-17(19(16)20)24(25)26/h6-12,18,21H,3-5,13H2,1-2H3,(H,22,23). The zero-order chi connectivity index (χ0) is 18.5. The van der Waals surface area contributed by atoms with Gasteiger partial charge >= 0.3 is 0 Å². The van der Waals surface area contributed by atoms with Gasteiger partial charge in [0.05, 0.1) is 27.8 Å². The first-order valence-corrected chi connectivity index (χ1v) is 9.11. The summed E-state index contributed by atoms with van der Waals surface area (Å²) in [5.74, 6) is 0. The van der Waals surface area contributed by atoms with Gasteiger partial charge in [-0.3, -0.25) is 15.4 Å². The van der Waals surface area contributed by atoms with Crippen LogP contribution in [0.4, 0.5) is 11.4 Å². The van der Waals surface area contributed by atoms with Gasteiger partial charge in [0.1, 0.15) is 5.39 Å². The molecule has 0 aliphatic heterocycles. The average Bonchev–Trinajstić information content (AvgIpc) is 2.66. The number of benzene rings is 2. The second-order valence-corrected chi connectivity index (χ2v) is 6.35. The van der Waals surface area contributed by atoms with E-state index in [1.165, 1.54) is 6.07 Å². The maximum atomic E-state index is 11.6. The Hall–Kier alpha value is -2.73. The van der Waals surface area contributed by atoms with E-state index in [1.807, 2.05) is 30.3 Å². The third-order valence-corrected chi connectivity index (χ3v) is 4.53. The van der Waals surface area contributed by atoms with Gasteiger partial charge in [-0.2, -0.15) is 0 Å². The van der Waals surface area contributed by atoms with Crippen molar-refractivity contribution in [1.82, 2.24) is 10.3 Å². The highest BCUT2D eigenvalue weighted by Crippen LogP contribution is 2.36. The van der Waals surface area contributed by atoms with Crippen molar-refractivity contribution in [2.75, 3.05) is 11.9 Å². The van der Waals surface area contributed by atoms with Crippen molar-refractivity contribution < 1.29 is 4.92 Å². The van der Waals surface area contributed by atoms with Crippen molar-refractivity contribution in [1.29, 1.82) is 0 Å². The first kappa shape index (κ1) is 18.1. The third kappa shape index (κ3) is 3.60. The molecule has 3 aromatic rings. The minimum atomic E-state index is -0.338. The Labute approximate surface area is 152 Å². The molecule has 1 aromatic heterocycles. The number of nitrogens with zero attached hydrogens (tertiary/aromatic N) is 2. The number of nitro groups is 1. The van der Waals surface area contributed by atoms with Gasteiger partial charge in [-0.1, -0.05) is 44.5 Å². The van der Waals surface area contributed by atoms with Crippen LogP contribution in [-0.4, -0.2) is 22.6 Å². The summed E-state index contributed by atoms with van der Waals surface area (Å²) in [4.78, 5) is 15.9. The number of fused-ring (bicyclic) bond motifs is 2. The largest absolute Gasteiger partial charge is 0.369 e. The molecule has 0 radical (unpaired) electrons. The Balaban J connectivity index is 2.16.